The minimum atomic E-state index is -4.26. The Bertz CT molecular complexity index is 437. The van der Waals surface area contributed by atoms with E-state index in [1.165, 1.54) is 12.1 Å². The lowest BCUT2D eigenvalue weighted by molar-refractivity contribution is -0.137. The zero-order chi connectivity index (χ0) is 11.4. The molecule has 2 heterocycles. The summed E-state index contributed by atoms with van der Waals surface area (Å²) in [7, 11) is 0. The molecule has 0 aliphatic carbocycles. The summed E-state index contributed by atoms with van der Waals surface area (Å²) in [4.78, 5) is 0. The van der Waals surface area contributed by atoms with E-state index in [2.05, 4.69) is 5.32 Å². The molecule has 0 bridgehead atoms. The predicted octanol–water partition coefficient (Wildman–Crippen LogP) is 2.44. The van der Waals surface area contributed by atoms with Crippen molar-refractivity contribution in [3.8, 4) is 0 Å². The van der Waals surface area contributed by atoms with Crippen LogP contribution >= 0.6 is 0 Å². The maximum Gasteiger partial charge on any atom is 0.416 e. The lowest BCUT2D eigenvalue weighted by atomic mass is 9.93. The topological polar surface area (TPSA) is 21.3 Å². The van der Waals surface area contributed by atoms with Crippen molar-refractivity contribution >= 4 is 5.69 Å². The molecule has 1 aromatic carbocycles. The van der Waals surface area contributed by atoms with Gasteiger partial charge in [-0.2, -0.15) is 13.2 Å². The van der Waals surface area contributed by atoms with Crippen molar-refractivity contribution in [2.24, 2.45) is 0 Å². The molecule has 3 rings (SSSR count). The Morgan fingerprint density at radius 1 is 1.25 bits per heavy atom. The molecule has 2 nitrogen and oxygen atoms in total. The van der Waals surface area contributed by atoms with E-state index in [0.29, 0.717) is 19.6 Å². The summed E-state index contributed by atoms with van der Waals surface area (Å²) in [6.45, 7) is 1.14. The van der Waals surface area contributed by atoms with Crippen LogP contribution in [-0.4, -0.2) is 18.8 Å². The van der Waals surface area contributed by atoms with E-state index in [1.54, 1.807) is 0 Å². The van der Waals surface area contributed by atoms with E-state index in [4.69, 9.17) is 4.74 Å². The lowest BCUT2D eigenvalue weighted by Crippen LogP contribution is -2.54. The van der Waals surface area contributed by atoms with Gasteiger partial charge in [0.15, 0.2) is 0 Å². The van der Waals surface area contributed by atoms with Crippen LogP contribution in [0.5, 0.6) is 0 Å². The van der Waals surface area contributed by atoms with Gasteiger partial charge in [-0.3, -0.25) is 0 Å². The molecule has 2 aliphatic rings. The molecule has 0 atom stereocenters. The number of benzene rings is 1. The molecule has 1 saturated heterocycles. The fraction of sp³-hybridized carbons (Fsp3) is 0.455. The fourth-order valence-corrected chi connectivity index (χ4v) is 2.26. The molecule has 2 aliphatic heterocycles. The first-order chi connectivity index (χ1) is 7.49. The molecule has 1 aromatic rings. The molecule has 5 heteroatoms. The molecule has 1 N–H and O–H groups in total. The van der Waals surface area contributed by atoms with Crippen LogP contribution in [0.1, 0.15) is 11.1 Å². The Kier molecular flexibility index (Phi) is 1.81. The Morgan fingerprint density at radius 3 is 2.56 bits per heavy atom. The van der Waals surface area contributed by atoms with Gasteiger partial charge >= 0.3 is 6.18 Å². The molecule has 0 amide bonds. The quantitative estimate of drug-likeness (QED) is 0.737. The summed E-state index contributed by atoms with van der Waals surface area (Å²) in [5.74, 6) is 0. The van der Waals surface area contributed by atoms with Gasteiger partial charge in [-0.25, -0.2) is 0 Å². The highest BCUT2D eigenvalue weighted by Gasteiger charge is 2.44. The van der Waals surface area contributed by atoms with Crippen molar-refractivity contribution in [2.45, 2.75) is 18.1 Å². The van der Waals surface area contributed by atoms with Crippen LogP contribution in [-0.2, 0) is 17.3 Å². The molecule has 1 spiro atoms. The Morgan fingerprint density at radius 2 is 2.00 bits per heavy atom. The largest absolute Gasteiger partial charge is 0.416 e. The highest BCUT2D eigenvalue weighted by atomic mass is 19.4. The van der Waals surface area contributed by atoms with Crippen molar-refractivity contribution in [1.82, 2.24) is 0 Å². The van der Waals surface area contributed by atoms with Gasteiger partial charge in [0.2, 0.25) is 0 Å². The number of alkyl halides is 3. The fourth-order valence-electron chi connectivity index (χ4n) is 2.26. The maximum absolute atomic E-state index is 12.5. The van der Waals surface area contributed by atoms with Crippen LogP contribution in [0.2, 0.25) is 0 Å². The average molecular weight is 229 g/mol. The lowest BCUT2D eigenvalue weighted by Gasteiger charge is -2.38. The standard InChI is InChI=1S/C11H10F3NO/c12-11(13,14)8-1-2-9-7(3-8)4-10(15-9)5-16-6-10/h1-3,15H,4-6H2. The van der Waals surface area contributed by atoms with Crippen LogP contribution in [0.15, 0.2) is 18.2 Å². The van der Waals surface area contributed by atoms with Gasteiger partial charge in [-0.1, -0.05) is 0 Å². The average Bonchev–Trinajstić information content (AvgIpc) is 2.53. The Balaban J connectivity index is 1.94. The van der Waals surface area contributed by atoms with E-state index in [-0.39, 0.29) is 5.54 Å². The number of rotatable bonds is 0. The summed E-state index contributed by atoms with van der Waals surface area (Å²) in [5, 5.41) is 3.23. The second-order valence-electron chi connectivity index (χ2n) is 4.44. The summed E-state index contributed by atoms with van der Waals surface area (Å²) < 4.78 is 42.6. The van der Waals surface area contributed by atoms with Crippen LogP contribution < -0.4 is 5.32 Å². The third-order valence-electron chi connectivity index (χ3n) is 3.12. The zero-order valence-electron chi connectivity index (χ0n) is 8.40. The molecule has 86 valence electrons. The number of hydrogen-bond donors (Lipinski definition) is 1. The molecule has 1 fully saturated rings. The normalized spacial score (nSPS) is 21.4. The second kappa shape index (κ2) is 2.91. The van der Waals surface area contributed by atoms with Crippen molar-refractivity contribution in [3.05, 3.63) is 29.3 Å². The van der Waals surface area contributed by atoms with Crippen molar-refractivity contribution in [2.75, 3.05) is 18.5 Å². The first kappa shape index (κ1) is 9.96. The summed E-state index contributed by atoms with van der Waals surface area (Å²) in [5.41, 5.74) is 0.812. The first-order valence-corrected chi connectivity index (χ1v) is 5.05. The number of halogens is 3. The SMILES string of the molecule is FC(F)(F)c1ccc2c(c1)CC1(COC1)N2. The van der Waals surface area contributed by atoms with Crippen LogP contribution in [0.4, 0.5) is 18.9 Å². The highest BCUT2D eigenvalue weighted by Crippen LogP contribution is 2.40. The molecule has 0 aromatic heterocycles. The summed E-state index contributed by atoms with van der Waals surface area (Å²) in [6, 6.07) is 3.85. The molecule has 0 unspecified atom stereocenters. The van der Waals surface area contributed by atoms with Gasteiger partial charge in [-0.05, 0) is 23.8 Å². The molecule has 16 heavy (non-hydrogen) atoms. The van der Waals surface area contributed by atoms with Crippen LogP contribution in [0, 0.1) is 0 Å². The number of anilines is 1. The number of ether oxygens (including phenoxy) is 1. The minimum absolute atomic E-state index is 0.146. The molecular formula is C11H10F3NO. The first-order valence-electron chi connectivity index (χ1n) is 5.05. The molecular weight excluding hydrogens is 219 g/mol. The van der Waals surface area contributed by atoms with Gasteiger partial charge in [0.25, 0.3) is 0 Å². The monoisotopic (exact) mass is 229 g/mol. The van der Waals surface area contributed by atoms with E-state index >= 15 is 0 Å². The van der Waals surface area contributed by atoms with Gasteiger partial charge in [0.1, 0.15) is 0 Å². The van der Waals surface area contributed by atoms with Crippen molar-refractivity contribution < 1.29 is 17.9 Å². The third-order valence-corrected chi connectivity index (χ3v) is 3.12. The summed E-state index contributed by atoms with van der Waals surface area (Å²) in [6.07, 6.45) is -3.65. The molecule has 0 radical (unpaired) electrons. The smallest absolute Gasteiger partial charge is 0.376 e. The number of hydrogen-bond acceptors (Lipinski definition) is 2. The van der Waals surface area contributed by atoms with Crippen LogP contribution in [0.3, 0.4) is 0 Å². The Hall–Kier alpha value is -1.23. The maximum atomic E-state index is 12.5. The van der Waals surface area contributed by atoms with Gasteiger partial charge < -0.3 is 10.1 Å². The van der Waals surface area contributed by atoms with Gasteiger partial charge in [0.05, 0.1) is 24.3 Å². The number of fused-ring (bicyclic) bond motifs is 1. The zero-order valence-corrected chi connectivity index (χ0v) is 8.40. The number of nitrogens with one attached hydrogen (secondary N) is 1. The predicted molar refractivity (Wildman–Crippen MR) is 52.3 cm³/mol. The minimum Gasteiger partial charge on any atom is -0.376 e. The van der Waals surface area contributed by atoms with Crippen LogP contribution in [0.25, 0.3) is 0 Å². The third kappa shape index (κ3) is 1.38. The highest BCUT2D eigenvalue weighted by molar-refractivity contribution is 5.61. The summed E-state index contributed by atoms with van der Waals surface area (Å²) >= 11 is 0. The van der Waals surface area contributed by atoms with Gasteiger partial charge in [0, 0.05) is 12.1 Å². The van der Waals surface area contributed by atoms with E-state index in [9.17, 15) is 13.2 Å². The molecule has 0 saturated carbocycles. The Labute approximate surface area is 90.4 Å². The van der Waals surface area contributed by atoms with Gasteiger partial charge in [-0.15, -0.1) is 0 Å². The van der Waals surface area contributed by atoms with Crippen molar-refractivity contribution in [3.63, 3.8) is 0 Å². The van der Waals surface area contributed by atoms with E-state index in [1.807, 2.05) is 0 Å². The van der Waals surface area contributed by atoms with Crippen molar-refractivity contribution in [1.29, 1.82) is 0 Å². The van der Waals surface area contributed by atoms with E-state index in [0.717, 1.165) is 17.3 Å². The van der Waals surface area contributed by atoms with E-state index < -0.39 is 11.7 Å². The second-order valence-corrected chi connectivity index (χ2v) is 4.44.